The molecule has 1 aromatic rings. The van der Waals surface area contributed by atoms with Crippen LogP contribution in [0.5, 0.6) is 0 Å². The molecule has 0 N–H and O–H groups in total. The van der Waals surface area contributed by atoms with Crippen LogP contribution in [0, 0.1) is 11.8 Å². The number of hydrogen-bond acceptors (Lipinski definition) is 5. The maximum atomic E-state index is 12.4. The molecule has 22 heavy (non-hydrogen) atoms. The highest BCUT2D eigenvalue weighted by Crippen LogP contribution is 2.48. The highest BCUT2D eigenvalue weighted by molar-refractivity contribution is 7.99. The Balaban J connectivity index is 1.75. The molecular weight excluding hydrogens is 300 g/mol. The van der Waals surface area contributed by atoms with E-state index >= 15 is 0 Å². The van der Waals surface area contributed by atoms with Gasteiger partial charge in [0.2, 0.25) is 0 Å². The molecule has 2 aliphatic rings. The fourth-order valence-electron chi connectivity index (χ4n) is 3.42. The molecule has 3 rings (SSSR count). The largest absolute Gasteiger partial charge is 0.468 e. The van der Waals surface area contributed by atoms with Gasteiger partial charge in [0.25, 0.3) is 0 Å². The average molecular weight is 320 g/mol. The van der Waals surface area contributed by atoms with Gasteiger partial charge in [0.1, 0.15) is 5.92 Å². The predicted octanol–water partition coefficient (Wildman–Crippen LogP) is 2.70. The summed E-state index contributed by atoms with van der Waals surface area (Å²) in [7, 11) is 1.32. The number of ether oxygens (including phenoxy) is 2. The van der Waals surface area contributed by atoms with Crippen molar-refractivity contribution in [3.8, 4) is 0 Å². The molecule has 0 spiro atoms. The molecule has 5 heteroatoms. The Labute approximate surface area is 134 Å². The first-order valence-corrected chi connectivity index (χ1v) is 8.50. The number of methoxy groups -OCH3 is 1. The van der Waals surface area contributed by atoms with Crippen LogP contribution < -0.4 is 0 Å². The number of rotatable bonds is 4. The number of carbonyl (C=O) groups is 2. The first-order valence-electron chi connectivity index (χ1n) is 7.52. The fraction of sp³-hybridized carbons (Fsp3) is 0.529. The lowest BCUT2D eigenvalue weighted by molar-refractivity contribution is -0.168. The van der Waals surface area contributed by atoms with Gasteiger partial charge in [-0.3, -0.25) is 9.59 Å². The van der Waals surface area contributed by atoms with Crippen LogP contribution in [0.1, 0.15) is 19.8 Å². The van der Waals surface area contributed by atoms with Crippen molar-refractivity contribution in [2.75, 3.05) is 12.9 Å². The minimum absolute atomic E-state index is 0.0406. The Morgan fingerprint density at radius 2 is 2.14 bits per heavy atom. The van der Waals surface area contributed by atoms with Crippen molar-refractivity contribution in [2.24, 2.45) is 11.8 Å². The van der Waals surface area contributed by atoms with Gasteiger partial charge in [-0.25, -0.2) is 0 Å². The molecule has 0 radical (unpaired) electrons. The fourth-order valence-corrected chi connectivity index (χ4v) is 4.64. The highest BCUT2D eigenvalue weighted by atomic mass is 32.2. The summed E-state index contributed by atoms with van der Waals surface area (Å²) in [6.07, 6.45) is 0.700. The number of benzene rings is 1. The maximum Gasteiger partial charge on any atom is 0.318 e. The molecule has 2 saturated heterocycles. The van der Waals surface area contributed by atoms with E-state index in [4.69, 9.17) is 9.47 Å². The summed E-state index contributed by atoms with van der Waals surface area (Å²) in [6, 6.07) is 10.1. The molecular formula is C17H20O4S. The number of fused-ring (bicyclic) bond motifs is 2. The van der Waals surface area contributed by atoms with Gasteiger partial charge >= 0.3 is 5.97 Å². The molecule has 1 unspecified atom stereocenters. The van der Waals surface area contributed by atoms with Crippen molar-refractivity contribution in [1.82, 2.24) is 0 Å². The average Bonchev–Trinajstić information content (AvgIpc) is 2.78. The van der Waals surface area contributed by atoms with Crippen LogP contribution in [0.2, 0.25) is 0 Å². The van der Waals surface area contributed by atoms with E-state index < -0.39 is 17.5 Å². The molecule has 0 saturated carbocycles. The quantitative estimate of drug-likeness (QED) is 0.485. The summed E-state index contributed by atoms with van der Waals surface area (Å²) >= 11 is 1.70. The zero-order chi connectivity index (χ0) is 15.7. The smallest absolute Gasteiger partial charge is 0.318 e. The highest BCUT2D eigenvalue weighted by Gasteiger charge is 2.57. The SMILES string of the molecule is COC(=O)C1C(=O)C[C@@]2(CSc3ccccc3)O[C@@H]1C[C@@H]2C. The molecule has 1 aromatic carbocycles. The Morgan fingerprint density at radius 3 is 2.82 bits per heavy atom. The van der Waals surface area contributed by atoms with Gasteiger partial charge in [0, 0.05) is 17.1 Å². The Bertz CT molecular complexity index is 573. The monoisotopic (exact) mass is 320 g/mol. The third kappa shape index (κ3) is 2.68. The van der Waals surface area contributed by atoms with Gasteiger partial charge < -0.3 is 9.47 Å². The number of Topliss-reactive ketones (excluding diaryl/α,β-unsaturated/α-hetero) is 1. The lowest BCUT2D eigenvalue weighted by atomic mass is 9.86. The van der Waals surface area contributed by atoms with Crippen LogP contribution in [0.15, 0.2) is 35.2 Å². The van der Waals surface area contributed by atoms with E-state index in [9.17, 15) is 9.59 Å². The van der Waals surface area contributed by atoms with Crippen molar-refractivity contribution in [3.63, 3.8) is 0 Å². The topological polar surface area (TPSA) is 52.6 Å². The first kappa shape index (κ1) is 15.6. The Morgan fingerprint density at radius 1 is 1.41 bits per heavy atom. The number of ketones is 1. The second-order valence-electron chi connectivity index (χ2n) is 6.10. The second kappa shape index (κ2) is 6.05. The molecule has 4 atom stereocenters. The van der Waals surface area contributed by atoms with Crippen LogP contribution in [0.25, 0.3) is 0 Å². The minimum atomic E-state index is -0.746. The normalized spacial score (nSPS) is 33.7. The Kier molecular flexibility index (Phi) is 4.28. The van der Waals surface area contributed by atoms with E-state index in [1.807, 2.05) is 18.2 Å². The summed E-state index contributed by atoms with van der Waals surface area (Å²) in [5.41, 5.74) is -0.452. The molecule has 2 heterocycles. The summed E-state index contributed by atoms with van der Waals surface area (Å²) < 4.78 is 10.9. The number of esters is 1. The molecule has 0 aliphatic carbocycles. The molecule has 118 valence electrons. The molecule has 4 nitrogen and oxygen atoms in total. The van der Waals surface area contributed by atoms with E-state index in [1.165, 1.54) is 12.0 Å². The van der Waals surface area contributed by atoms with Crippen molar-refractivity contribution < 1.29 is 19.1 Å². The zero-order valence-electron chi connectivity index (χ0n) is 12.8. The summed E-state index contributed by atoms with van der Waals surface area (Å²) in [6.45, 7) is 2.11. The van der Waals surface area contributed by atoms with E-state index in [-0.39, 0.29) is 17.8 Å². The van der Waals surface area contributed by atoms with Gasteiger partial charge in [-0.2, -0.15) is 0 Å². The number of hydrogen-bond donors (Lipinski definition) is 0. The molecule has 2 fully saturated rings. The first-order chi connectivity index (χ1) is 10.6. The molecule has 0 amide bonds. The van der Waals surface area contributed by atoms with Crippen LogP contribution in [0.3, 0.4) is 0 Å². The minimum Gasteiger partial charge on any atom is -0.468 e. The second-order valence-corrected chi connectivity index (χ2v) is 7.15. The number of carbonyl (C=O) groups excluding carboxylic acids is 2. The van der Waals surface area contributed by atoms with Crippen LogP contribution >= 0.6 is 11.8 Å². The van der Waals surface area contributed by atoms with E-state index in [1.54, 1.807) is 11.8 Å². The summed E-state index contributed by atoms with van der Waals surface area (Å²) in [5, 5.41) is 0. The summed E-state index contributed by atoms with van der Waals surface area (Å²) in [5.74, 6) is -0.263. The molecule has 0 aromatic heterocycles. The van der Waals surface area contributed by atoms with E-state index in [2.05, 4.69) is 19.1 Å². The van der Waals surface area contributed by atoms with Crippen molar-refractivity contribution in [3.05, 3.63) is 30.3 Å². The predicted molar refractivity (Wildman–Crippen MR) is 83.7 cm³/mol. The summed E-state index contributed by atoms with van der Waals surface area (Å²) in [4.78, 5) is 25.4. The van der Waals surface area contributed by atoms with E-state index in [0.717, 1.165) is 12.2 Å². The third-order valence-corrected chi connectivity index (χ3v) is 5.98. The van der Waals surface area contributed by atoms with Gasteiger partial charge in [-0.15, -0.1) is 11.8 Å². The molecule has 2 aliphatic heterocycles. The lowest BCUT2D eigenvalue weighted by Crippen LogP contribution is -2.49. The number of thioether (sulfide) groups is 1. The third-order valence-electron chi connectivity index (χ3n) is 4.74. The maximum absolute atomic E-state index is 12.4. The van der Waals surface area contributed by atoms with Crippen LogP contribution in [-0.4, -0.2) is 36.3 Å². The van der Waals surface area contributed by atoms with Gasteiger partial charge in [0.15, 0.2) is 5.78 Å². The van der Waals surface area contributed by atoms with E-state index in [0.29, 0.717) is 6.42 Å². The standard InChI is InChI=1S/C17H20O4S/c1-11-8-14-15(16(19)20-2)13(18)9-17(11,21-14)10-22-12-6-4-3-5-7-12/h3-7,11,14-15H,8-10H2,1-2H3/t11-,14+,15?,17-/m0/s1. The van der Waals surface area contributed by atoms with Gasteiger partial charge in [0.05, 0.1) is 18.8 Å². The molecule has 2 bridgehead atoms. The van der Waals surface area contributed by atoms with Gasteiger partial charge in [-0.1, -0.05) is 25.1 Å². The van der Waals surface area contributed by atoms with Crippen molar-refractivity contribution >= 4 is 23.5 Å². The van der Waals surface area contributed by atoms with Crippen molar-refractivity contribution in [2.45, 2.75) is 36.4 Å². The van der Waals surface area contributed by atoms with Crippen molar-refractivity contribution in [1.29, 1.82) is 0 Å². The van der Waals surface area contributed by atoms with Crippen LogP contribution in [0.4, 0.5) is 0 Å². The lowest BCUT2D eigenvalue weighted by Gasteiger charge is -2.37. The van der Waals surface area contributed by atoms with Crippen LogP contribution in [-0.2, 0) is 19.1 Å². The Hall–Kier alpha value is -1.33. The zero-order valence-corrected chi connectivity index (χ0v) is 13.6. The van der Waals surface area contributed by atoms with Gasteiger partial charge in [-0.05, 0) is 24.5 Å².